The molecule has 100 valence electrons. The van der Waals surface area contributed by atoms with Crippen LogP contribution in [0.1, 0.15) is 49.4 Å². The van der Waals surface area contributed by atoms with Crippen molar-refractivity contribution in [2.75, 3.05) is 0 Å². The van der Waals surface area contributed by atoms with Crippen LogP contribution in [0.4, 0.5) is 0 Å². The molecule has 2 aromatic rings. The summed E-state index contributed by atoms with van der Waals surface area (Å²) in [7, 11) is 0. The Bertz CT molecular complexity index is 591. The van der Waals surface area contributed by atoms with Crippen molar-refractivity contribution in [3.63, 3.8) is 0 Å². The van der Waals surface area contributed by atoms with Crippen LogP contribution in [-0.4, -0.2) is 15.3 Å². The average Bonchev–Trinajstić information content (AvgIpc) is 2.85. The van der Waals surface area contributed by atoms with Crippen LogP contribution in [0.15, 0.2) is 36.7 Å². The number of hydrogen-bond acceptors (Lipinski definition) is 2. The predicted molar refractivity (Wildman–Crippen MR) is 76.5 cm³/mol. The van der Waals surface area contributed by atoms with Gasteiger partial charge in [0.15, 0.2) is 5.82 Å². The maximum atomic E-state index is 12.7. The second-order valence-electron chi connectivity index (χ2n) is 5.66. The highest BCUT2D eigenvalue weighted by Crippen LogP contribution is 2.27. The minimum Gasteiger partial charge on any atom is -0.328 e. The van der Waals surface area contributed by atoms with Gasteiger partial charge in [0.2, 0.25) is 5.78 Å². The van der Waals surface area contributed by atoms with E-state index in [2.05, 4.69) is 25.8 Å². The van der Waals surface area contributed by atoms with Gasteiger partial charge in [0.25, 0.3) is 0 Å². The third-order valence-corrected chi connectivity index (χ3v) is 3.24. The molecule has 0 unspecified atom stereocenters. The summed E-state index contributed by atoms with van der Waals surface area (Å²) in [4.78, 5) is 16.9. The summed E-state index contributed by atoms with van der Waals surface area (Å²) >= 11 is 0. The Morgan fingerprint density at radius 1 is 1.26 bits per heavy atom. The predicted octanol–water partition coefficient (Wildman–Crippen LogP) is 3.43. The summed E-state index contributed by atoms with van der Waals surface area (Å²) in [5, 5.41) is 0. The van der Waals surface area contributed by atoms with Crippen LogP contribution in [0, 0.1) is 0 Å². The first-order chi connectivity index (χ1) is 8.95. The fourth-order valence-corrected chi connectivity index (χ4v) is 2.23. The van der Waals surface area contributed by atoms with Crippen molar-refractivity contribution in [1.82, 2.24) is 9.55 Å². The zero-order chi connectivity index (χ0) is 14.0. The minimum atomic E-state index is -0.0596. The molecule has 19 heavy (non-hydrogen) atoms. The summed E-state index contributed by atoms with van der Waals surface area (Å²) in [6, 6.07) is 7.79. The zero-order valence-corrected chi connectivity index (χ0v) is 12.0. The number of ketones is 1. The Morgan fingerprint density at radius 3 is 2.58 bits per heavy atom. The monoisotopic (exact) mass is 256 g/mol. The van der Waals surface area contributed by atoms with Crippen molar-refractivity contribution in [3.05, 3.63) is 53.6 Å². The van der Waals surface area contributed by atoms with E-state index in [9.17, 15) is 4.79 Å². The lowest BCUT2D eigenvalue weighted by molar-refractivity contribution is 0.102. The molecule has 0 fully saturated rings. The van der Waals surface area contributed by atoms with Gasteiger partial charge in [0, 0.05) is 24.5 Å². The fraction of sp³-hybridized carbons (Fsp3) is 0.375. The van der Waals surface area contributed by atoms with Crippen molar-refractivity contribution in [3.8, 4) is 0 Å². The zero-order valence-electron chi connectivity index (χ0n) is 12.0. The van der Waals surface area contributed by atoms with Gasteiger partial charge in [-0.2, -0.15) is 0 Å². The van der Waals surface area contributed by atoms with Crippen LogP contribution in [0.3, 0.4) is 0 Å². The van der Waals surface area contributed by atoms with Crippen LogP contribution < -0.4 is 0 Å². The number of carbonyl (C=O) groups is 1. The Morgan fingerprint density at radius 2 is 1.95 bits per heavy atom. The smallest absolute Gasteiger partial charge is 0.228 e. The summed E-state index contributed by atoms with van der Waals surface area (Å²) < 4.78 is 1.88. The van der Waals surface area contributed by atoms with Gasteiger partial charge in [-0.05, 0) is 17.9 Å². The molecule has 1 aromatic heterocycles. The van der Waals surface area contributed by atoms with E-state index in [4.69, 9.17) is 0 Å². The summed E-state index contributed by atoms with van der Waals surface area (Å²) in [5.41, 5.74) is 1.75. The van der Waals surface area contributed by atoms with Crippen LogP contribution >= 0.6 is 0 Å². The molecule has 0 saturated heterocycles. The normalized spacial score (nSPS) is 11.6. The highest BCUT2D eigenvalue weighted by molar-refractivity contribution is 6.07. The molecule has 1 aromatic carbocycles. The molecule has 0 atom stereocenters. The number of nitrogens with zero attached hydrogens (tertiary/aromatic N) is 2. The molecule has 3 nitrogen and oxygen atoms in total. The Labute approximate surface area is 114 Å². The topological polar surface area (TPSA) is 34.9 Å². The third kappa shape index (κ3) is 2.60. The molecule has 2 rings (SSSR count). The molecule has 0 radical (unpaired) electrons. The molecule has 0 aliphatic rings. The molecule has 0 aliphatic heterocycles. The number of benzene rings is 1. The first-order valence-corrected chi connectivity index (χ1v) is 6.60. The van der Waals surface area contributed by atoms with E-state index in [0.29, 0.717) is 5.82 Å². The van der Waals surface area contributed by atoms with Gasteiger partial charge < -0.3 is 4.57 Å². The van der Waals surface area contributed by atoms with Crippen LogP contribution in [0.2, 0.25) is 0 Å². The molecule has 0 N–H and O–H groups in total. The van der Waals surface area contributed by atoms with Gasteiger partial charge in [-0.3, -0.25) is 4.79 Å². The standard InChI is InChI=1S/C16H20N2O/c1-5-18-11-10-17-15(18)14(19)12-8-6-7-9-13(12)16(2,3)4/h6-11H,5H2,1-4H3. The van der Waals surface area contributed by atoms with Crippen molar-refractivity contribution < 1.29 is 4.79 Å². The molecule has 0 amide bonds. The largest absolute Gasteiger partial charge is 0.328 e. The number of aromatic nitrogens is 2. The summed E-state index contributed by atoms with van der Waals surface area (Å²) in [6.45, 7) is 9.11. The number of aryl methyl sites for hydroxylation is 1. The molecule has 0 bridgehead atoms. The van der Waals surface area contributed by atoms with E-state index in [1.54, 1.807) is 6.20 Å². The molecular formula is C16H20N2O. The van der Waals surface area contributed by atoms with E-state index in [-0.39, 0.29) is 11.2 Å². The lowest BCUT2D eigenvalue weighted by atomic mass is 9.82. The van der Waals surface area contributed by atoms with Gasteiger partial charge in [0.05, 0.1) is 0 Å². The summed E-state index contributed by atoms with van der Waals surface area (Å²) in [5.74, 6) is 0.511. The first kappa shape index (κ1) is 13.5. The van der Waals surface area contributed by atoms with Crippen LogP contribution in [0.25, 0.3) is 0 Å². The Hall–Kier alpha value is -1.90. The number of hydrogen-bond donors (Lipinski definition) is 0. The van der Waals surface area contributed by atoms with Crippen LogP contribution in [0.5, 0.6) is 0 Å². The minimum absolute atomic E-state index is 0.00243. The lowest BCUT2D eigenvalue weighted by Crippen LogP contribution is -2.19. The first-order valence-electron chi connectivity index (χ1n) is 6.60. The van der Waals surface area contributed by atoms with E-state index in [1.807, 2.05) is 42.0 Å². The van der Waals surface area contributed by atoms with Crippen molar-refractivity contribution >= 4 is 5.78 Å². The second kappa shape index (κ2) is 5.00. The molecule has 0 spiro atoms. The average molecular weight is 256 g/mol. The van der Waals surface area contributed by atoms with Crippen molar-refractivity contribution in [2.24, 2.45) is 0 Å². The third-order valence-electron chi connectivity index (χ3n) is 3.24. The quantitative estimate of drug-likeness (QED) is 0.789. The van der Waals surface area contributed by atoms with Gasteiger partial charge in [-0.1, -0.05) is 45.0 Å². The van der Waals surface area contributed by atoms with Crippen molar-refractivity contribution in [1.29, 1.82) is 0 Å². The maximum absolute atomic E-state index is 12.7. The Balaban J connectivity index is 2.51. The van der Waals surface area contributed by atoms with Gasteiger partial charge in [0.1, 0.15) is 0 Å². The maximum Gasteiger partial charge on any atom is 0.228 e. The number of rotatable bonds is 3. The number of imidazole rings is 1. The molecule has 1 heterocycles. The van der Waals surface area contributed by atoms with E-state index >= 15 is 0 Å². The van der Waals surface area contributed by atoms with Crippen LogP contribution in [-0.2, 0) is 12.0 Å². The molecule has 3 heteroatoms. The van der Waals surface area contributed by atoms with Gasteiger partial charge in [-0.15, -0.1) is 0 Å². The molecular weight excluding hydrogens is 236 g/mol. The van der Waals surface area contributed by atoms with E-state index < -0.39 is 0 Å². The fourth-order valence-electron chi connectivity index (χ4n) is 2.23. The number of carbonyl (C=O) groups excluding carboxylic acids is 1. The van der Waals surface area contributed by atoms with Crippen molar-refractivity contribution in [2.45, 2.75) is 39.7 Å². The SMILES string of the molecule is CCn1ccnc1C(=O)c1ccccc1C(C)(C)C. The lowest BCUT2D eigenvalue weighted by Gasteiger charge is -2.22. The Kier molecular flexibility index (Phi) is 3.56. The van der Waals surface area contributed by atoms with Gasteiger partial charge >= 0.3 is 0 Å². The highest BCUT2D eigenvalue weighted by atomic mass is 16.1. The molecule has 0 saturated carbocycles. The van der Waals surface area contributed by atoms with Gasteiger partial charge in [-0.25, -0.2) is 4.98 Å². The van der Waals surface area contributed by atoms with E-state index in [1.165, 1.54) is 0 Å². The molecule has 0 aliphatic carbocycles. The van der Waals surface area contributed by atoms with E-state index in [0.717, 1.165) is 17.7 Å². The summed E-state index contributed by atoms with van der Waals surface area (Å²) in [6.07, 6.45) is 3.52. The second-order valence-corrected chi connectivity index (χ2v) is 5.66. The highest BCUT2D eigenvalue weighted by Gasteiger charge is 2.23.